The third-order valence-corrected chi connectivity index (χ3v) is 14.5. The van der Waals surface area contributed by atoms with Gasteiger partial charge >= 0.3 is 5.97 Å². The van der Waals surface area contributed by atoms with Crippen molar-refractivity contribution in [1.82, 2.24) is 34.2 Å². The van der Waals surface area contributed by atoms with E-state index in [-0.39, 0.29) is 77.9 Å². The van der Waals surface area contributed by atoms with E-state index in [1.165, 1.54) is 0 Å². The number of likely N-dealkylation sites (tertiary alicyclic amines) is 2. The third kappa shape index (κ3) is 11.9. The number of imidazole rings is 2. The van der Waals surface area contributed by atoms with Gasteiger partial charge < -0.3 is 29.4 Å². The molecule has 372 valence electrons. The van der Waals surface area contributed by atoms with Gasteiger partial charge in [0.05, 0.1) is 28.0 Å². The van der Waals surface area contributed by atoms with E-state index >= 15 is 0 Å². The van der Waals surface area contributed by atoms with E-state index in [1.54, 1.807) is 11.0 Å². The first kappa shape index (κ1) is 50.8. The van der Waals surface area contributed by atoms with E-state index in [0.717, 1.165) is 33.7 Å². The van der Waals surface area contributed by atoms with Crippen molar-refractivity contribution in [3.63, 3.8) is 0 Å². The number of fused-ring (bicyclic) bond motifs is 2. The fraction of sp³-hybridized carbons (Fsp3) is 0.654. The van der Waals surface area contributed by atoms with E-state index in [1.807, 2.05) is 42.2 Å². The molecule has 3 amide bonds. The minimum Gasteiger partial charge on any atom is -0.481 e. The van der Waals surface area contributed by atoms with E-state index in [9.17, 15) is 41.8 Å². The van der Waals surface area contributed by atoms with Crippen LogP contribution < -0.4 is 5.32 Å². The molecule has 0 radical (unpaired) electrons. The van der Waals surface area contributed by atoms with E-state index in [0.29, 0.717) is 108 Å². The Balaban J connectivity index is 0.000000202. The molecule has 4 heterocycles. The molecule has 2 N–H and O–H groups in total. The van der Waals surface area contributed by atoms with Crippen molar-refractivity contribution in [3.8, 4) is 0 Å². The number of aliphatic carboxylic acids is 1. The minimum atomic E-state index is -2.55. The lowest BCUT2D eigenvalue weighted by Crippen LogP contribution is -2.43. The topological polar surface area (TPSA) is 143 Å². The molecule has 12 nitrogen and oxygen atoms in total. The highest BCUT2D eigenvalue weighted by atomic mass is 19.3. The first-order valence-electron chi connectivity index (χ1n) is 24.8. The highest BCUT2D eigenvalue weighted by Crippen LogP contribution is 2.40. The van der Waals surface area contributed by atoms with Gasteiger partial charge in [-0.05, 0) is 107 Å². The Morgan fingerprint density at radius 3 is 1.32 bits per heavy atom. The first-order chi connectivity index (χ1) is 31.9. The smallest absolute Gasteiger partial charge is 0.306 e. The molecule has 0 atom stereocenters. The molecular weight excluding hydrogens is 879 g/mol. The fourth-order valence-corrected chi connectivity index (χ4v) is 10.5. The summed E-state index contributed by atoms with van der Waals surface area (Å²) >= 11 is 0. The molecule has 4 aliphatic rings. The van der Waals surface area contributed by atoms with Gasteiger partial charge in [-0.3, -0.25) is 19.2 Å². The van der Waals surface area contributed by atoms with Crippen LogP contribution in [0.1, 0.15) is 158 Å². The SMILES string of the molecule is CC(C)(C)c1nc2cc(C(=O)N3CCC(C(=O)O)CC3)ccc2n1CC1CCC(F)(F)CC1.CCNC(=O)C1CCN(C(=O)c2ccc3c(c2)nc(C(C)(C)C)n3CC2CCC(F)(F)CC2)CC1. The number of rotatable bonds is 9. The van der Waals surface area contributed by atoms with Crippen molar-refractivity contribution >= 4 is 45.8 Å². The van der Waals surface area contributed by atoms with Gasteiger partial charge in [0.25, 0.3) is 11.8 Å². The van der Waals surface area contributed by atoms with Crippen LogP contribution in [-0.4, -0.2) is 102 Å². The maximum atomic E-state index is 13.7. The number of piperidine rings is 2. The lowest BCUT2D eigenvalue weighted by Gasteiger charge is -2.31. The molecule has 4 aromatic rings. The standard InChI is InChI=1S/C27H38F2N4O2.C25H33F2N3O3/c1-5-30-23(34)19-10-14-32(15-11-19)24(35)20-6-7-22-21(16-20)31-25(26(2,3)4)33(22)17-18-8-12-27(28,29)13-9-18;1-24(2,3)23-28-19-14-18(21(31)29-12-8-17(9-13-29)22(32)33)4-5-20(19)30(23)15-16-6-10-25(26,27)11-7-16/h6-7,16,18-19H,5,8-15,17H2,1-4H3,(H,30,34);4-5,14,16-17H,6-13,15H2,1-3H3,(H,32,33). The van der Waals surface area contributed by atoms with Crippen molar-refractivity contribution in [2.24, 2.45) is 23.7 Å². The zero-order valence-corrected chi connectivity index (χ0v) is 41.0. The summed E-state index contributed by atoms with van der Waals surface area (Å²) in [4.78, 5) is 62.9. The van der Waals surface area contributed by atoms with Crippen molar-refractivity contribution in [3.05, 3.63) is 59.2 Å². The summed E-state index contributed by atoms with van der Waals surface area (Å²) in [6, 6.07) is 11.2. The van der Waals surface area contributed by atoms with Gasteiger partial charge in [0, 0.05) is 99.4 Å². The van der Waals surface area contributed by atoms with E-state index in [4.69, 9.17) is 9.97 Å². The second-order valence-corrected chi connectivity index (χ2v) is 22.0. The lowest BCUT2D eigenvalue weighted by molar-refractivity contribution is -0.143. The second kappa shape index (κ2) is 20.1. The molecule has 2 aromatic heterocycles. The highest BCUT2D eigenvalue weighted by molar-refractivity contribution is 5.98. The first-order valence-corrected chi connectivity index (χ1v) is 24.8. The molecule has 2 saturated carbocycles. The largest absolute Gasteiger partial charge is 0.481 e. The van der Waals surface area contributed by atoms with Gasteiger partial charge in [-0.2, -0.15) is 0 Å². The quantitative estimate of drug-likeness (QED) is 0.159. The van der Waals surface area contributed by atoms with Crippen LogP contribution in [-0.2, 0) is 33.5 Å². The number of halogens is 4. The minimum absolute atomic E-state index is 0.0359. The molecular formula is C52H71F4N7O5. The maximum Gasteiger partial charge on any atom is 0.306 e. The number of carbonyl (C=O) groups is 4. The van der Waals surface area contributed by atoms with Crippen molar-refractivity contribution in [1.29, 1.82) is 0 Å². The van der Waals surface area contributed by atoms with Gasteiger partial charge in [-0.25, -0.2) is 27.5 Å². The normalized spacial score (nSPS) is 20.0. The number of amides is 3. The Hall–Kier alpha value is -5.02. The Morgan fingerprint density at radius 1 is 0.618 bits per heavy atom. The number of hydrogen-bond acceptors (Lipinski definition) is 6. The molecule has 68 heavy (non-hydrogen) atoms. The van der Waals surface area contributed by atoms with Crippen LogP contribution in [0.4, 0.5) is 17.6 Å². The average molecular weight is 950 g/mol. The van der Waals surface area contributed by atoms with Crippen molar-refractivity contribution in [2.45, 2.75) is 161 Å². The van der Waals surface area contributed by atoms with Gasteiger partial charge in [-0.15, -0.1) is 0 Å². The van der Waals surface area contributed by atoms with Crippen LogP contribution in [0.3, 0.4) is 0 Å². The molecule has 2 saturated heterocycles. The van der Waals surface area contributed by atoms with E-state index in [2.05, 4.69) is 56.0 Å². The molecule has 8 rings (SSSR count). The molecule has 4 fully saturated rings. The number of benzene rings is 2. The molecule has 0 spiro atoms. The van der Waals surface area contributed by atoms with Crippen molar-refractivity contribution < 1.29 is 41.8 Å². The summed E-state index contributed by atoms with van der Waals surface area (Å²) in [5, 5.41) is 12.1. The van der Waals surface area contributed by atoms with Crippen LogP contribution in [0, 0.1) is 23.7 Å². The van der Waals surface area contributed by atoms with Crippen LogP contribution in [0.2, 0.25) is 0 Å². The monoisotopic (exact) mass is 950 g/mol. The number of carboxylic acid groups (broad SMARTS) is 1. The maximum absolute atomic E-state index is 13.7. The van der Waals surface area contributed by atoms with Gasteiger partial charge in [0.2, 0.25) is 17.8 Å². The lowest BCUT2D eigenvalue weighted by atomic mass is 9.86. The Labute approximate surface area is 397 Å². The number of hydrogen-bond donors (Lipinski definition) is 2. The van der Waals surface area contributed by atoms with Crippen molar-refractivity contribution in [2.75, 3.05) is 32.7 Å². The fourth-order valence-electron chi connectivity index (χ4n) is 10.5. The Bertz CT molecular complexity index is 2450. The molecule has 0 unspecified atom stereocenters. The van der Waals surface area contributed by atoms with E-state index < -0.39 is 17.8 Å². The van der Waals surface area contributed by atoms with Gasteiger partial charge in [0.15, 0.2) is 0 Å². The number of nitrogens with one attached hydrogen (secondary N) is 1. The van der Waals surface area contributed by atoms with Gasteiger partial charge in [-0.1, -0.05) is 41.5 Å². The van der Waals surface area contributed by atoms with Crippen LogP contribution in [0.25, 0.3) is 22.1 Å². The third-order valence-electron chi connectivity index (χ3n) is 14.5. The Morgan fingerprint density at radius 2 is 0.985 bits per heavy atom. The second-order valence-electron chi connectivity index (χ2n) is 22.0. The highest BCUT2D eigenvalue weighted by Gasteiger charge is 2.38. The van der Waals surface area contributed by atoms with Crippen LogP contribution in [0.5, 0.6) is 0 Å². The zero-order chi connectivity index (χ0) is 49.3. The molecule has 0 bridgehead atoms. The number of carboxylic acids is 1. The zero-order valence-electron chi connectivity index (χ0n) is 41.0. The summed E-state index contributed by atoms with van der Waals surface area (Å²) in [6.45, 7) is 18.4. The molecule has 2 aromatic carbocycles. The number of aromatic nitrogens is 4. The summed E-state index contributed by atoms with van der Waals surface area (Å²) < 4.78 is 58.9. The number of carbonyl (C=O) groups excluding carboxylic acids is 3. The molecule has 2 aliphatic heterocycles. The summed E-state index contributed by atoms with van der Waals surface area (Å²) in [5.74, 6) is -4.21. The average Bonchev–Trinajstić information content (AvgIpc) is 3.85. The van der Waals surface area contributed by atoms with Crippen LogP contribution >= 0.6 is 0 Å². The molecule has 2 aliphatic carbocycles. The number of alkyl halides is 4. The van der Waals surface area contributed by atoms with Crippen LogP contribution in [0.15, 0.2) is 36.4 Å². The predicted molar refractivity (Wildman–Crippen MR) is 254 cm³/mol. The van der Waals surface area contributed by atoms with Gasteiger partial charge in [0.1, 0.15) is 11.6 Å². The summed E-state index contributed by atoms with van der Waals surface area (Å²) in [5.41, 5.74) is 4.03. The summed E-state index contributed by atoms with van der Waals surface area (Å²) in [6.07, 6.45) is 4.06. The Kier molecular flexibility index (Phi) is 15.1. The molecule has 16 heteroatoms. The predicted octanol–water partition coefficient (Wildman–Crippen LogP) is 10.2. The number of nitrogens with zero attached hydrogens (tertiary/aromatic N) is 6. The summed E-state index contributed by atoms with van der Waals surface area (Å²) in [7, 11) is 0.